The second kappa shape index (κ2) is 6.88. The van der Waals surface area contributed by atoms with Gasteiger partial charge in [0.15, 0.2) is 0 Å². The van der Waals surface area contributed by atoms with Crippen LogP contribution in [0, 0.1) is 0 Å². The van der Waals surface area contributed by atoms with Gasteiger partial charge in [-0.15, -0.1) is 0 Å². The van der Waals surface area contributed by atoms with Crippen LogP contribution in [-0.2, 0) is 12.8 Å². The van der Waals surface area contributed by atoms with Crippen LogP contribution in [-0.4, -0.2) is 24.5 Å². The summed E-state index contributed by atoms with van der Waals surface area (Å²) in [4.78, 5) is 2.56. The zero-order valence-electron chi connectivity index (χ0n) is 12.5. The normalized spacial score (nSPS) is 18.4. The summed E-state index contributed by atoms with van der Waals surface area (Å²) in [7, 11) is 0. The van der Waals surface area contributed by atoms with Crippen molar-refractivity contribution in [2.24, 2.45) is 5.73 Å². The Labute approximate surface area is 127 Å². The third-order valence-corrected chi connectivity index (χ3v) is 4.50. The van der Waals surface area contributed by atoms with Gasteiger partial charge in [0.2, 0.25) is 0 Å². The highest BCUT2D eigenvalue weighted by Crippen LogP contribution is 2.28. The highest BCUT2D eigenvalue weighted by Gasteiger charge is 2.25. The van der Waals surface area contributed by atoms with Crippen molar-refractivity contribution in [1.82, 2.24) is 4.90 Å². The molecule has 0 saturated heterocycles. The van der Waals surface area contributed by atoms with Crippen molar-refractivity contribution in [3.63, 3.8) is 0 Å². The Morgan fingerprint density at radius 2 is 1.76 bits per heavy atom. The molecule has 0 spiro atoms. The third kappa shape index (κ3) is 3.34. The van der Waals surface area contributed by atoms with Gasteiger partial charge in [-0.2, -0.15) is 0 Å². The second-order valence-electron chi connectivity index (χ2n) is 5.83. The molecule has 1 aliphatic rings. The molecule has 0 radical (unpaired) electrons. The SMILES string of the molecule is NCC1c2ccccc2CCN1CCCc1ccccc1. The zero-order chi connectivity index (χ0) is 14.5. The fourth-order valence-electron chi connectivity index (χ4n) is 3.38. The average molecular weight is 280 g/mol. The Kier molecular flexibility index (Phi) is 4.69. The minimum absolute atomic E-state index is 0.394. The van der Waals surface area contributed by atoms with E-state index in [0.29, 0.717) is 12.6 Å². The number of rotatable bonds is 5. The van der Waals surface area contributed by atoms with Crippen molar-refractivity contribution < 1.29 is 0 Å². The summed E-state index contributed by atoms with van der Waals surface area (Å²) in [5.74, 6) is 0. The lowest BCUT2D eigenvalue weighted by Gasteiger charge is -2.36. The smallest absolute Gasteiger partial charge is 0.0473 e. The van der Waals surface area contributed by atoms with E-state index in [4.69, 9.17) is 5.73 Å². The van der Waals surface area contributed by atoms with Crippen molar-refractivity contribution in [2.45, 2.75) is 25.3 Å². The Hall–Kier alpha value is -1.64. The van der Waals surface area contributed by atoms with Gasteiger partial charge in [0.1, 0.15) is 0 Å². The molecule has 2 aromatic carbocycles. The molecule has 0 amide bonds. The van der Waals surface area contributed by atoms with Crippen LogP contribution in [0.4, 0.5) is 0 Å². The minimum atomic E-state index is 0.394. The first-order valence-corrected chi connectivity index (χ1v) is 7.94. The van der Waals surface area contributed by atoms with Crippen molar-refractivity contribution >= 4 is 0 Å². The standard InChI is InChI=1S/C19H24N2/c20-15-19-18-11-5-4-10-17(18)12-14-21(19)13-6-9-16-7-2-1-3-8-16/h1-5,7-8,10-11,19H,6,9,12-15,20H2. The van der Waals surface area contributed by atoms with Crippen molar-refractivity contribution in [2.75, 3.05) is 19.6 Å². The van der Waals surface area contributed by atoms with E-state index < -0.39 is 0 Å². The first-order chi connectivity index (χ1) is 10.4. The van der Waals surface area contributed by atoms with Crippen LogP contribution in [0.25, 0.3) is 0 Å². The molecule has 3 rings (SSSR count). The van der Waals surface area contributed by atoms with E-state index in [1.165, 1.54) is 23.1 Å². The van der Waals surface area contributed by atoms with Crippen molar-refractivity contribution in [1.29, 1.82) is 0 Å². The molecule has 0 bridgehead atoms. The fraction of sp³-hybridized carbons (Fsp3) is 0.368. The molecule has 1 atom stereocenters. The fourth-order valence-corrected chi connectivity index (χ4v) is 3.38. The van der Waals surface area contributed by atoms with Crippen LogP contribution in [0.3, 0.4) is 0 Å². The Balaban J connectivity index is 1.61. The highest BCUT2D eigenvalue weighted by molar-refractivity contribution is 5.32. The topological polar surface area (TPSA) is 29.3 Å². The van der Waals surface area contributed by atoms with Crippen LogP contribution in [0.1, 0.15) is 29.2 Å². The number of nitrogens with zero attached hydrogens (tertiary/aromatic N) is 1. The summed E-state index contributed by atoms with van der Waals surface area (Å²) in [5, 5.41) is 0. The summed E-state index contributed by atoms with van der Waals surface area (Å²) in [5.41, 5.74) is 10.4. The molecule has 0 aliphatic carbocycles. The van der Waals surface area contributed by atoms with Crippen LogP contribution in [0.15, 0.2) is 54.6 Å². The zero-order valence-corrected chi connectivity index (χ0v) is 12.5. The molecule has 2 heteroatoms. The van der Waals surface area contributed by atoms with E-state index in [0.717, 1.165) is 25.9 Å². The van der Waals surface area contributed by atoms with E-state index >= 15 is 0 Å². The quantitative estimate of drug-likeness (QED) is 0.911. The molecule has 2 N–H and O–H groups in total. The summed E-state index contributed by atoms with van der Waals surface area (Å²) in [6, 6.07) is 19.9. The molecular formula is C19H24N2. The van der Waals surface area contributed by atoms with Crippen LogP contribution < -0.4 is 5.73 Å². The molecule has 0 saturated carbocycles. The van der Waals surface area contributed by atoms with Crippen molar-refractivity contribution in [3.8, 4) is 0 Å². The van der Waals surface area contributed by atoms with Gasteiger partial charge >= 0.3 is 0 Å². The van der Waals surface area contributed by atoms with Gasteiger partial charge in [0.05, 0.1) is 0 Å². The minimum Gasteiger partial charge on any atom is -0.329 e. The van der Waals surface area contributed by atoms with Gasteiger partial charge in [0, 0.05) is 19.1 Å². The first-order valence-electron chi connectivity index (χ1n) is 7.94. The van der Waals surface area contributed by atoms with Gasteiger partial charge in [-0.05, 0) is 42.5 Å². The molecule has 2 aromatic rings. The number of aryl methyl sites for hydroxylation is 1. The third-order valence-electron chi connectivity index (χ3n) is 4.50. The first kappa shape index (κ1) is 14.3. The molecule has 1 unspecified atom stereocenters. The molecule has 1 aliphatic heterocycles. The number of benzene rings is 2. The average Bonchev–Trinajstić information content (AvgIpc) is 2.55. The maximum absolute atomic E-state index is 6.05. The Morgan fingerprint density at radius 3 is 2.57 bits per heavy atom. The van der Waals surface area contributed by atoms with E-state index in [2.05, 4.69) is 59.5 Å². The summed E-state index contributed by atoms with van der Waals surface area (Å²) < 4.78 is 0. The highest BCUT2D eigenvalue weighted by atomic mass is 15.2. The lowest BCUT2D eigenvalue weighted by molar-refractivity contribution is 0.187. The molecule has 21 heavy (non-hydrogen) atoms. The number of hydrogen-bond acceptors (Lipinski definition) is 2. The van der Waals surface area contributed by atoms with Crippen LogP contribution in [0.5, 0.6) is 0 Å². The van der Waals surface area contributed by atoms with Gasteiger partial charge in [0.25, 0.3) is 0 Å². The maximum Gasteiger partial charge on any atom is 0.0473 e. The van der Waals surface area contributed by atoms with Gasteiger partial charge < -0.3 is 5.73 Å². The molecule has 110 valence electrons. The van der Waals surface area contributed by atoms with E-state index in [9.17, 15) is 0 Å². The van der Waals surface area contributed by atoms with E-state index in [1.54, 1.807) is 0 Å². The van der Waals surface area contributed by atoms with E-state index in [-0.39, 0.29) is 0 Å². The van der Waals surface area contributed by atoms with Gasteiger partial charge in [-0.3, -0.25) is 4.90 Å². The predicted molar refractivity (Wildman–Crippen MR) is 88.3 cm³/mol. The largest absolute Gasteiger partial charge is 0.329 e. The molecule has 0 fully saturated rings. The van der Waals surface area contributed by atoms with Crippen LogP contribution in [0.2, 0.25) is 0 Å². The van der Waals surface area contributed by atoms with Crippen LogP contribution >= 0.6 is 0 Å². The monoisotopic (exact) mass is 280 g/mol. The number of fused-ring (bicyclic) bond motifs is 1. The number of nitrogens with two attached hydrogens (primary N) is 1. The molecular weight excluding hydrogens is 256 g/mol. The number of hydrogen-bond donors (Lipinski definition) is 1. The molecule has 1 heterocycles. The predicted octanol–water partition coefficient (Wildman–Crippen LogP) is 3.18. The maximum atomic E-state index is 6.05. The second-order valence-corrected chi connectivity index (χ2v) is 5.83. The lowest BCUT2D eigenvalue weighted by Crippen LogP contribution is -2.39. The van der Waals surface area contributed by atoms with Gasteiger partial charge in [-0.25, -0.2) is 0 Å². The summed E-state index contributed by atoms with van der Waals surface area (Å²) >= 11 is 0. The van der Waals surface area contributed by atoms with Crippen molar-refractivity contribution in [3.05, 3.63) is 71.3 Å². The van der Waals surface area contributed by atoms with E-state index in [1.807, 2.05) is 0 Å². The summed E-state index contributed by atoms with van der Waals surface area (Å²) in [6.07, 6.45) is 3.50. The Morgan fingerprint density at radius 1 is 1.00 bits per heavy atom. The summed E-state index contributed by atoms with van der Waals surface area (Å²) in [6.45, 7) is 2.97. The molecule has 2 nitrogen and oxygen atoms in total. The lowest BCUT2D eigenvalue weighted by atomic mass is 9.92. The molecule has 0 aromatic heterocycles. The Bertz CT molecular complexity index is 565. The van der Waals surface area contributed by atoms with Gasteiger partial charge in [-0.1, -0.05) is 54.6 Å².